The van der Waals surface area contributed by atoms with Crippen LogP contribution in [0.15, 0.2) is 57.7 Å². The molecule has 2 aliphatic rings. The van der Waals surface area contributed by atoms with Crippen molar-refractivity contribution in [1.29, 1.82) is 0 Å². The zero-order chi connectivity index (χ0) is 24.7. The fourth-order valence-electron chi connectivity index (χ4n) is 6.02. The Bertz CT molecular complexity index is 1320. The summed E-state index contributed by atoms with van der Waals surface area (Å²) in [6.45, 7) is 4.00. The number of rotatable bonds is 5. The topological polar surface area (TPSA) is 99.8 Å². The van der Waals surface area contributed by atoms with Crippen LogP contribution < -0.4 is 16.4 Å². The molecule has 2 aliphatic heterocycles. The predicted octanol–water partition coefficient (Wildman–Crippen LogP) is 1.95. The lowest BCUT2D eigenvalue weighted by atomic mass is 9.76. The van der Waals surface area contributed by atoms with Crippen molar-refractivity contribution in [3.05, 3.63) is 64.6 Å². The van der Waals surface area contributed by atoms with Crippen LogP contribution in [-0.2, 0) is 16.6 Å². The Hall–Kier alpha value is -3.43. The van der Waals surface area contributed by atoms with Crippen LogP contribution in [0, 0.1) is 5.92 Å². The zero-order valence-corrected chi connectivity index (χ0v) is 20.3. The van der Waals surface area contributed by atoms with Gasteiger partial charge in [0, 0.05) is 50.8 Å². The van der Waals surface area contributed by atoms with E-state index in [0.717, 1.165) is 25.1 Å². The van der Waals surface area contributed by atoms with Crippen molar-refractivity contribution in [1.82, 2.24) is 19.7 Å². The van der Waals surface area contributed by atoms with Crippen molar-refractivity contribution < 1.29 is 14.0 Å². The molecule has 2 saturated heterocycles. The van der Waals surface area contributed by atoms with E-state index in [-0.39, 0.29) is 30.3 Å². The van der Waals surface area contributed by atoms with E-state index in [2.05, 4.69) is 39.6 Å². The van der Waals surface area contributed by atoms with Gasteiger partial charge in [0.2, 0.25) is 11.8 Å². The fraction of sp³-hybridized carbons (Fsp3) is 0.423. The number of oxazole rings is 1. The monoisotopic (exact) mass is 477 g/mol. The van der Waals surface area contributed by atoms with Crippen LogP contribution in [0.1, 0.15) is 24.9 Å². The van der Waals surface area contributed by atoms with Crippen LogP contribution in [0.4, 0.5) is 5.69 Å². The number of fused-ring (bicyclic) bond motifs is 2. The first-order valence-electron chi connectivity index (χ1n) is 11.9. The number of likely N-dealkylation sites (tertiary alicyclic amines) is 2. The van der Waals surface area contributed by atoms with E-state index in [9.17, 15) is 14.4 Å². The Labute approximate surface area is 203 Å². The molecule has 0 spiro atoms. The Kier molecular flexibility index (Phi) is 5.98. The summed E-state index contributed by atoms with van der Waals surface area (Å²) >= 11 is 0. The summed E-state index contributed by atoms with van der Waals surface area (Å²) in [7, 11) is 3.72. The molecular formula is C26H31N5O4. The maximum atomic E-state index is 13.2. The Balaban J connectivity index is 1.42. The molecule has 2 aromatic carbocycles. The second-order valence-electron chi connectivity index (χ2n) is 9.89. The Morgan fingerprint density at radius 2 is 1.89 bits per heavy atom. The molecule has 0 saturated carbocycles. The molecule has 0 unspecified atom stereocenters. The molecule has 0 aliphatic carbocycles. The number of nitrogens with zero attached hydrogens (tertiary/aromatic N) is 3. The summed E-state index contributed by atoms with van der Waals surface area (Å²) in [6.07, 6.45) is 0.929. The minimum absolute atomic E-state index is 0.0112. The lowest BCUT2D eigenvalue weighted by Crippen LogP contribution is -2.63. The maximum absolute atomic E-state index is 13.2. The molecule has 3 atom stereocenters. The first-order valence-corrected chi connectivity index (χ1v) is 11.9. The Morgan fingerprint density at radius 3 is 2.63 bits per heavy atom. The quantitative estimate of drug-likeness (QED) is 0.583. The van der Waals surface area contributed by atoms with Crippen LogP contribution in [0.2, 0.25) is 0 Å². The van der Waals surface area contributed by atoms with Crippen molar-refractivity contribution in [2.24, 2.45) is 13.0 Å². The van der Waals surface area contributed by atoms with Gasteiger partial charge >= 0.3 is 5.76 Å². The SMILES string of the molecule is CC(=O)N[C@@]12CN(C)CC[C@@H]1[C@@H](c1ccccc1)N(CC(=O)Nc1ccc3c(c1)oc(=O)n3C)C2. The highest BCUT2D eigenvalue weighted by Crippen LogP contribution is 2.47. The Morgan fingerprint density at radius 1 is 1.11 bits per heavy atom. The molecule has 2 fully saturated rings. The molecule has 0 bridgehead atoms. The molecule has 35 heavy (non-hydrogen) atoms. The van der Waals surface area contributed by atoms with Gasteiger partial charge in [-0.1, -0.05) is 30.3 Å². The lowest BCUT2D eigenvalue weighted by molar-refractivity contribution is -0.122. The van der Waals surface area contributed by atoms with Crippen LogP contribution in [0.3, 0.4) is 0 Å². The number of amides is 2. The number of aromatic nitrogens is 1. The molecule has 3 aromatic rings. The summed E-state index contributed by atoms with van der Waals surface area (Å²) in [5.41, 5.74) is 2.39. The van der Waals surface area contributed by atoms with E-state index in [1.807, 2.05) is 18.2 Å². The molecule has 1 aromatic heterocycles. The number of hydrogen-bond donors (Lipinski definition) is 2. The number of likely N-dealkylation sites (N-methyl/N-ethyl adjacent to an activating group) is 1. The number of hydrogen-bond acceptors (Lipinski definition) is 6. The van der Waals surface area contributed by atoms with Gasteiger partial charge in [-0.25, -0.2) is 4.79 Å². The standard InChI is InChI=1S/C26H31N5O4/c1-17(32)28-26-15-29(2)12-11-20(26)24(18-7-5-4-6-8-18)31(16-26)14-23(33)27-19-9-10-21-22(13-19)35-25(34)30(21)3/h4-10,13,20,24H,11-12,14-16H2,1-3H3,(H,27,33)(H,28,32)/t20-,24-,26-/m1/s1. The minimum Gasteiger partial charge on any atom is -0.408 e. The first kappa shape index (κ1) is 23.3. The molecule has 2 N–H and O–H groups in total. The van der Waals surface area contributed by atoms with Gasteiger partial charge in [0.15, 0.2) is 5.58 Å². The van der Waals surface area contributed by atoms with Crippen LogP contribution in [-0.4, -0.2) is 64.9 Å². The molecule has 9 heteroatoms. The fourth-order valence-corrected chi connectivity index (χ4v) is 6.02. The molecule has 0 radical (unpaired) electrons. The normalized spacial score (nSPS) is 24.9. The van der Waals surface area contributed by atoms with Gasteiger partial charge < -0.3 is 20.0 Å². The third-order valence-electron chi connectivity index (χ3n) is 7.33. The average Bonchev–Trinajstić information content (AvgIpc) is 3.25. The van der Waals surface area contributed by atoms with E-state index < -0.39 is 11.3 Å². The third kappa shape index (κ3) is 4.37. The summed E-state index contributed by atoms with van der Waals surface area (Å²) in [5.74, 6) is -0.468. The van der Waals surface area contributed by atoms with E-state index in [0.29, 0.717) is 23.3 Å². The summed E-state index contributed by atoms with van der Waals surface area (Å²) < 4.78 is 6.68. The largest absolute Gasteiger partial charge is 0.419 e. The number of piperidine rings is 1. The second-order valence-corrected chi connectivity index (χ2v) is 9.89. The van der Waals surface area contributed by atoms with Crippen LogP contribution in [0.25, 0.3) is 11.1 Å². The number of aryl methyl sites for hydroxylation is 1. The number of carbonyl (C=O) groups is 2. The van der Waals surface area contributed by atoms with E-state index in [4.69, 9.17) is 4.42 Å². The van der Waals surface area contributed by atoms with E-state index in [1.54, 1.807) is 32.2 Å². The number of benzene rings is 2. The van der Waals surface area contributed by atoms with Gasteiger partial charge in [0.25, 0.3) is 0 Å². The maximum Gasteiger partial charge on any atom is 0.419 e. The van der Waals surface area contributed by atoms with Crippen molar-refractivity contribution in [2.75, 3.05) is 38.5 Å². The minimum atomic E-state index is -0.443. The van der Waals surface area contributed by atoms with Gasteiger partial charge in [-0.3, -0.25) is 19.1 Å². The third-order valence-corrected chi connectivity index (χ3v) is 7.33. The smallest absolute Gasteiger partial charge is 0.408 e. The first-order chi connectivity index (χ1) is 16.8. The van der Waals surface area contributed by atoms with E-state index in [1.165, 1.54) is 4.57 Å². The van der Waals surface area contributed by atoms with Gasteiger partial charge in [-0.05, 0) is 37.7 Å². The predicted molar refractivity (Wildman–Crippen MR) is 133 cm³/mol. The van der Waals surface area contributed by atoms with Crippen molar-refractivity contribution in [2.45, 2.75) is 24.9 Å². The van der Waals surface area contributed by atoms with E-state index >= 15 is 0 Å². The van der Waals surface area contributed by atoms with Crippen molar-refractivity contribution in [3.8, 4) is 0 Å². The molecule has 2 amide bonds. The molecule has 3 heterocycles. The zero-order valence-electron chi connectivity index (χ0n) is 20.3. The van der Waals surface area contributed by atoms with Gasteiger partial charge in [-0.15, -0.1) is 0 Å². The van der Waals surface area contributed by atoms with Crippen LogP contribution >= 0.6 is 0 Å². The van der Waals surface area contributed by atoms with Gasteiger partial charge in [-0.2, -0.15) is 0 Å². The second kappa shape index (κ2) is 8.98. The number of carbonyl (C=O) groups excluding carboxylic acids is 2. The highest BCUT2D eigenvalue weighted by molar-refractivity contribution is 5.94. The molecule has 5 rings (SSSR count). The lowest BCUT2D eigenvalue weighted by Gasteiger charge is -2.44. The van der Waals surface area contributed by atoms with Crippen molar-refractivity contribution >= 4 is 28.6 Å². The molecule has 9 nitrogen and oxygen atoms in total. The highest BCUT2D eigenvalue weighted by atomic mass is 16.4. The highest BCUT2D eigenvalue weighted by Gasteiger charge is 2.55. The summed E-state index contributed by atoms with van der Waals surface area (Å²) in [5, 5.41) is 6.23. The van der Waals surface area contributed by atoms with Crippen molar-refractivity contribution in [3.63, 3.8) is 0 Å². The molecule has 184 valence electrons. The van der Waals surface area contributed by atoms with Gasteiger partial charge in [0.1, 0.15) is 0 Å². The van der Waals surface area contributed by atoms with Crippen LogP contribution in [0.5, 0.6) is 0 Å². The summed E-state index contributed by atoms with van der Waals surface area (Å²) in [6, 6.07) is 15.4. The summed E-state index contributed by atoms with van der Waals surface area (Å²) in [4.78, 5) is 41.7. The van der Waals surface area contributed by atoms with Gasteiger partial charge in [0.05, 0.1) is 17.6 Å². The average molecular weight is 478 g/mol. The number of nitrogens with one attached hydrogen (secondary N) is 2. The number of anilines is 1. The molecular weight excluding hydrogens is 446 g/mol.